The van der Waals surface area contributed by atoms with Crippen LogP contribution in [-0.2, 0) is 6.42 Å². The molecule has 2 heterocycles. The molecule has 12 heavy (non-hydrogen) atoms. The minimum Gasteiger partial charge on any atom is -0.260 e. The number of hydrogen-bond acceptors (Lipinski definition) is 1. The summed E-state index contributed by atoms with van der Waals surface area (Å²) < 4.78 is 2.22. The van der Waals surface area contributed by atoms with E-state index >= 15 is 0 Å². The average molecular weight is 161 g/mol. The normalized spacial score (nSPS) is 13.9. The van der Waals surface area contributed by atoms with Crippen molar-refractivity contribution in [3.05, 3.63) is 24.0 Å². The molecule has 2 nitrogen and oxygen atoms in total. The summed E-state index contributed by atoms with van der Waals surface area (Å²) >= 11 is 0. The number of hydrogen-bond donors (Lipinski definition) is 0. The van der Waals surface area contributed by atoms with Gasteiger partial charge < -0.3 is 0 Å². The third-order valence-corrected chi connectivity index (χ3v) is 2.18. The molecule has 0 radical (unpaired) electrons. The Balaban J connectivity index is 2.42. The molecular formula is C10H13N2+. The van der Waals surface area contributed by atoms with Crippen LogP contribution in [0.2, 0.25) is 0 Å². The molecule has 2 heteroatoms. The molecule has 62 valence electrons. The van der Waals surface area contributed by atoms with Gasteiger partial charge in [-0.25, -0.2) is 4.57 Å². The Morgan fingerprint density at radius 2 is 2.33 bits per heavy atom. The average Bonchev–Trinajstić information content (AvgIpc) is 2.49. The van der Waals surface area contributed by atoms with Crippen molar-refractivity contribution >= 4 is 11.9 Å². The van der Waals surface area contributed by atoms with Gasteiger partial charge in [0.15, 0.2) is 18.4 Å². The Hall–Kier alpha value is -1.18. The fraction of sp³-hybridized carbons (Fsp3) is 0.400. The van der Waals surface area contributed by atoms with Crippen LogP contribution in [0.15, 0.2) is 23.5 Å². The van der Waals surface area contributed by atoms with E-state index in [4.69, 9.17) is 0 Å². The molecule has 0 amide bonds. The molecule has 0 N–H and O–H groups in total. The van der Waals surface area contributed by atoms with Crippen molar-refractivity contribution in [3.8, 4) is 0 Å². The van der Waals surface area contributed by atoms with Gasteiger partial charge in [0.1, 0.15) is 0 Å². The zero-order chi connectivity index (χ0) is 8.55. The first-order chi connectivity index (χ1) is 5.77. The number of aromatic nitrogens is 1. The van der Waals surface area contributed by atoms with Gasteiger partial charge in [-0.15, -0.1) is 0 Å². The SMILES string of the molecule is CC(C)[n+]1ccc2c(c1)CC=N2. The highest BCUT2D eigenvalue weighted by atomic mass is 15.0. The van der Waals surface area contributed by atoms with Crippen molar-refractivity contribution in [3.63, 3.8) is 0 Å². The minimum absolute atomic E-state index is 0.538. The van der Waals surface area contributed by atoms with Crippen LogP contribution in [0.5, 0.6) is 0 Å². The molecule has 0 fully saturated rings. The predicted octanol–water partition coefficient (Wildman–Crippen LogP) is 1.81. The Bertz CT molecular complexity index is 327. The van der Waals surface area contributed by atoms with Gasteiger partial charge in [0.05, 0.1) is 5.69 Å². The van der Waals surface area contributed by atoms with Gasteiger partial charge >= 0.3 is 0 Å². The lowest BCUT2D eigenvalue weighted by atomic mass is 10.2. The fourth-order valence-electron chi connectivity index (χ4n) is 1.40. The predicted molar refractivity (Wildman–Crippen MR) is 48.9 cm³/mol. The lowest BCUT2D eigenvalue weighted by Crippen LogP contribution is -2.35. The Kier molecular flexibility index (Phi) is 1.68. The highest BCUT2D eigenvalue weighted by Gasteiger charge is 2.13. The summed E-state index contributed by atoms with van der Waals surface area (Å²) in [7, 11) is 0. The summed E-state index contributed by atoms with van der Waals surface area (Å²) in [5.41, 5.74) is 2.47. The molecule has 0 atom stereocenters. The maximum Gasteiger partial charge on any atom is 0.174 e. The van der Waals surface area contributed by atoms with Crippen LogP contribution >= 0.6 is 0 Å². The molecule has 1 aliphatic rings. The first-order valence-corrected chi connectivity index (χ1v) is 4.33. The second-order valence-corrected chi connectivity index (χ2v) is 3.41. The van der Waals surface area contributed by atoms with Gasteiger partial charge in [-0.3, -0.25) is 4.99 Å². The van der Waals surface area contributed by atoms with Crippen molar-refractivity contribution in [2.75, 3.05) is 0 Å². The smallest absolute Gasteiger partial charge is 0.174 e. The first kappa shape index (κ1) is 7.47. The second-order valence-electron chi connectivity index (χ2n) is 3.41. The van der Waals surface area contributed by atoms with Crippen molar-refractivity contribution in [2.45, 2.75) is 26.3 Å². The number of aliphatic imine (C=N–C) groups is 1. The number of fused-ring (bicyclic) bond motifs is 1. The molecule has 1 aromatic rings. The van der Waals surface area contributed by atoms with Gasteiger partial charge in [-0.05, 0) is 13.8 Å². The molecule has 0 saturated heterocycles. The molecule has 1 aliphatic heterocycles. The maximum absolute atomic E-state index is 4.26. The largest absolute Gasteiger partial charge is 0.260 e. The molecule has 0 aliphatic carbocycles. The molecule has 1 aromatic heterocycles. The summed E-state index contributed by atoms with van der Waals surface area (Å²) in [5, 5.41) is 0. The summed E-state index contributed by atoms with van der Waals surface area (Å²) in [6.07, 6.45) is 7.23. The van der Waals surface area contributed by atoms with Crippen molar-refractivity contribution in [1.82, 2.24) is 0 Å². The molecule has 0 unspecified atom stereocenters. The van der Waals surface area contributed by atoms with Gasteiger partial charge in [0.25, 0.3) is 0 Å². The first-order valence-electron chi connectivity index (χ1n) is 4.33. The molecule has 0 spiro atoms. The maximum atomic E-state index is 4.26. The van der Waals surface area contributed by atoms with Crippen LogP contribution < -0.4 is 4.57 Å². The van der Waals surface area contributed by atoms with Crippen LogP contribution in [-0.4, -0.2) is 6.21 Å². The Morgan fingerprint density at radius 3 is 3.08 bits per heavy atom. The van der Waals surface area contributed by atoms with E-state index in [-0.39, 0.29) is 0 Å². The zero-order valence-electron chi connectivity index (χ0n) is 7.49. The van der Waals surface area contributed by atoms with E-state index in [1.807, 2.05) is 6.21 Å². The van der Waals surface area contributed by atoms with E-state index in [1.54, 1.807) is 0 Å². The third kappa shape index (κ3) is 1.13. The van der Waals surface area contributed by atoms with E-state index in [2.05, 4.69) is 41.9 Å². The van der Waals surface area contributed by atoms with Gasteiger partial charge in [0, 0.05) is 24.3 Å². The monoisotopic (exact) mass is 161 g/mol. The van der Waals surface area contributed by atoms with Gasteiger partial charge in [-0.2, -0.15) is 0 Å². The van der Waals surface area contributed by atoms with Gasteiger partial charge in [-0.1, -0.05) is 0 Å². The van der Waals surface area contributed by atoms with Crippen LogP contribution in [0.1, 0.15) is 25.5 Å². The summed E-state index contributed by atoms with van der Waals surface area (Å²) in [6, 6.07) is 2.62. The summed E-state index contributed by atoms with van der Waals surface area (Å²) in [4.78, 5) is 4.26. The van der Waals surface area contributed by atoms with Crippen molar-refractivity contribution in [2.24, 2.45) is 4.99 Å². The molecule has 2 rings (SSSR count). The van der Waals surface area contributed by atoms with Crippen molar-refractivity contribution < 1.29 is 4.57 Å². The molecule has 0 bridgehead atoms. The van der Waals surface area contributed by atoms with E-state index in [1.165, 1.54) is 5.56 Å². The quantitative estimate of drug-likeness (QED) is 0.559. The fourth-order valence-corrected chi connectivity index (χ4v) is 1.40. The lowest BCUT2D eigenvalue weighted by Gasteiger charge is -2.01. The molecule has 0 saturated carbocycles. The highest BCUT2D eigenvalue weighted by molar-refractivity contribution is 5.74. The van der Waals surface area contributed by atoms with E-state index in [0.29, 0.717) is 6.04 Å². The third-order valence-electron chi connectivity index (χ3n) is 2.18. The molecule has 0 aromatic carbocycles. The van der Waals surface area contributed by atoms with Crippen molar-refractivity contribution in [1.29, 1.82) is 0 Å². The zero-order valence-corrected chi connectivity index (χ0v) is 7.49. The minimum atomic E-state index is 0.538. The summed E-state index contributed by atoms with van der Waals surface area (Å²) in [6.45, 7) is 4.37. The summed E-state index contributed by atoms with van der Waals surface area (Å²) in [5.74, 6) is 0. The number of nitrogens with zero attached hydrogens (tertiary/aromatic N) is 2. The number of pyridine rings is 1. The van der Waals surface area contributed by atoms with E-state index in [9.17, 15) is 0 Å². The van der Waals surface area contributed by atoms with Crippen LogP contribution in [0, 0.1) is 0 Å². The number of rotatable bonds is 1. The second kappa shape index (κ2) is 2.70. The Labute approximate surface area is 72.6 Å². The Morgan fingerprint density at radius 1 is 1.50 bits per heavy atom. The topological polar surface area (TPSA) is 16.2 Å². The highest BCUT2D eigenvalue weighted by Crippen LogP contribution is 2.21. The lowest BCUT2D eigenvalue weighted by molar-refractivity contribution is -0.716. The van der Waals surface area contributed by atoms with E-state index in [0.717, 1.165) is 12.1 Å². The van der Waals surface area contributed by atoms with Crippen LogP contribution in [0.4, 0.5) is 5.69 Å². The van der Waals surface area contributed by atoms with Crippen LogP contribution in [0.3, 0.4) is 0 Å². The van der Waals surface area contributed by atoms with Gasteiger partial charge in [0.2, 0.25) is 0 Å². The van der Waals surface area contributed by atoms with E-state index < -0.39 is 0 Å². The standard InChI is InChI=1S/C10H13N2/c1-8(2)12-6-4-10-9(7-12)3-5-11-10/h4-8H,3H2,1-2H3/q+1. The molecular weight excluding hydrogens is 148 g/mol. The van der Waals surface area contributed by atoms with Crippen LogP contribution in [0.25, 0.3) is 0 Å².